The number of rotatable bonds is 7. The maximum atomic E-state index is 12.9. The standard InChI is InChI=1S/C28H32N2O5/c1-28(2,14-13-25(31)30-17-11-12-24(30)22(15-17)26(32)33)29-27(34)35-16-23-20-9-5-3-7-18(20)19-8-4-6-10-21(19)23/h3-10,17,22-24H,11-16H2,1-2H3,(H,29,34)(H,32,33). The van der Waals surface area contributed by atoms with Crippen LogP contribution in [-0.2, 0) is 14.3 Å². The Morgan fingerprint density at radius 2 is 1.66 bits per heavy atom. The summed E-state index contributed by atoms with van der Waals surface area (Å²) in [4.78, 5) is 38.9. The molecule has 7 heteroatoms. The van der Waals surface area contributed by atoms with Gasteiger partial charge in [-0.1, -0.05) is 48.5 Å². The van der Waals surface area contributed by atoms with E-state index in [2.05, 4.69) is 29.6 Å². The quantitative estimate of drug-likeness (QED) is 0.611. The Balaban J connectivity index is 1.15. The molecule has 2 amide bonds. The average Bonchev–Trinajstić information content (AvgIpc) is 3.51. The van der Waals surface area contributed by atoms with Crippen LogP contribution in [0.5, 0.6) is 0 Å². The van der Waals surface area contributed by atoms with E-state index in [0.717, 1.165) is 24.0 Å². The van der Waals surface area contributed by atoms with E-state index in [0.29, 0.717) is 12.8 Å². The summed E-state index contributed by atoms with van der Waals surface area (Å²) in [7, 11) is 0. The van der Waals surface area contributed by atoms with Gasteiger partial charge in [0.15, 0.2) is 0 Å². The fraction of sp³-hybridized carbons (Fsp3) is 0.464. The van der Waals surface area contributed by atoms with Gasteiger partial charge in [-0.3, -0.25) is 9.59 Å². The normalized spacial score (nSPS) is 22.6. The molecule has 5 rings (SSSR count). The fourth-order valence-corrected chi connectivity index (χ4v) is 6.16. The summed E-state index contributed by atoms with van der Waals surface area (Å²) in [5.74, 6) is -1.30. The Kier molecular flexibility index (Phi) is 6.03. The molecule has 35 heavy (non-hydrogen) atoms. The SMILES string of the molecule is CC(C)(CCC(=O)N1C2CCC1C(C(=O)O)C2)NC(=O)OCC1c2ccccc2-c2ccccc21. The van der Waals surface area contributed by atoms with Crippen molar-refractivity contribution in [3.05, 3.63) is 59.7 Å². The molecular formula is C28H32N2O5. The number of alkyl carbamates (subject to hydrolysis) is 1. The van der Waals surface area contributed by atoms with Gasteiger partial charge in [0.2, 0.25) is 5.91 Å². The van der Waals surface area contributed by atoms with Crippen molar-refractivity contribution in [1.29, 1.82) is 0 Å². The monoisotopic (exact) mass is 476 g/mol. The number of fused-ring (bicyclic) bond motifs is 5. The number of ether oxygens (including phenoxy) is 1. The summed E-state index contributed by atoms with van der Waals surface area (Å²) in [5, 5.41) is 12.3. The molecule has 3 unspecified atom stereocenters. The molecule has 0 radical (unpaired) electrons. The smallest absolute Gasteiger partial charge is 0.407 e. The molecule has 2 bridgehead atoms. The molecular weight excluding hydrogens is 444 g/mol. The van der Waals surface area contributed by atoms with Crippen LogP contribution in [-0.4, -0.2) is 52.2 Å². The van der Waals surface area contributed by atoms with Crippen molar-refractivity contribution in [3.8, 4) is 11.1 Å². The summed E-state index contributed by atoms with van der Waals surface area (Å²) in [6.07, 6.45) is 2.39. The number of nitrogens with zero attached hydrogens (tertiary/aromatic N) is 1. The first kappa shape index (κ1) is 23.4. The van der Waals surface area contributed by atoms with Crippen molar-refractivity contribution in [3.63, 3.8) is 0 Å². The average molecular weight is 477 g/mol. The third kappa shape index (κ3) is 4.40. The van der Waals surface area contributed by atoms with Crippen LogP contribution < -0.4 is 5.32 Å². The summed E-state index contributed by atoms with van der Waals surface area (Å²) < 4.78 is 5.66. The van der Waals surface area contributed by atoms with Crippen LogP contribution in [0.25, 0.3) is 11.1 Å². The number of carboxylic acids is 1. The zero-order valence-electron chi connectivity index (χ0n) is 20.2. The Labute approximate surface area is 205 Å². The molecule has 2 N–H and O–H groups in total. The Morgan fingerprint density at radius 3 is 2.26 bits per heavy atom. The van der Waals surface area contributed by atoms with E-state index >= 15 is 0 Å². The lowest BCUT2D eigenvalue weighted by Crippen LogP contribution is -2.45. The minimum atomic E-state index is -0.813. The molecule has 0 saturated carbocycles. The number of benzene rings is 2. The van der Waals surface area contributed by atoms with E-state index in [4.69, 9.17) is 4.74 Å². The van der Waals surface area contributed by atoms with Crippen molar-refractivity contribution in [2.75, 3.05) is 6.61 Å². The largest absolute Gasteiger partial charge is 0.481 e. The van der Waals surface area contributed by atoms with E-state index in [-0.39, 0.29) is 36.9 Å². The maximum Gasteiger partial charge on any atom is 0.407 e. The maximum absolute atomic E-state index is 12.9. The number of hydrogen-bond donors (Lipinski definition) is 2. The van der Waals surface area contributed by atoms with E-state index in [9.17, 15) is 19.5 Å². The van der Waals surface area contributed by atoms with Crippen LogP contribution in [0.3, 0.4) is 0 Å². The molecule has 3 aliphatic rings. The topological polar surface area (TPSA) is 95.9 Å². The second-order valence-corrected chi connectivity index (χ2v) is 10.6. The van der Waals surface area contributed by atoms with Gasteiger partial charge >= 0.3 is 12.1 Å². The number of aliphatic carboxylic acids is 1. The third-order valence-corrected chi connectivity index (χ3v) is 7.89. The number of carboxylic acid groups (broad SMARTS) is 1. The first-order valence-corrected chi connectivity index (χ1v) is 12.4. The Bertz CT molecular complexity index is 1110. The lowest BCUT2D eigenvalue weighted by atomic mass is 9.89. The van der Waals surface area contributed by atoms with Crippen molar-refractivity contribution < 1.29 is 24.2 Å². The van der Waals surface area contributed by atoms with Gasteiger partial charge in [-0.05, 0) is 61.8 Å². The van der Waals surface area contributed by atoms with Gasteiger partial charge in [-0.15, -0.1) is 0 Å². The van der Waals surface area contributed by atoms with Crippen molar-refractivity contribution >= 4 is 18.0 Å². The number of hydrogen-bond acceptors (Lipinski definition) is 4. The molecule has 0 aromatic heterocycles. The summed E-state index contributed by atoms with van der Waals surface area (Å²) in [5.41, 5.74) is 4.04. The highest BCUT2D eigenvalue weighted by Crippen LogP contribution is 2.45. The summed E-state index contributed by atoms with van der Waals surface area (Å²) in [6, 6.07) is 16.2. The third-order valence-electron chi connectivity index (χ3n) is 7.89. The number of amides is 2. The van der Waals surface area contributed by atoms with E-state index in [1.165, 1.54) is 11.1 Å². The van der Waals surface area contributed by atoms with Gasteiger partial charge in [0.25, 0.3) is 0 Å². The van der Waals surface area contributed by atoms with Crippen molar-refractivity contribution in [2.45, 2.75) is 69.5 Å². The van der Waals surface area contributed by atoms with Crippen LogP contribution in [0.4, 0.5) is 4.79 Å². The zero-order chi connectivity index (χ0) is 24.7. The van der Waals surface area contributed by atoms with Crippen molar-refractivity contribution in [1.82, 2.24) is 10.2 Å². The molecule has 2 aromatic carbocycles. The number of carbonyl (C=O) groups is 3. The predicted molar refractivity (Wildman–Crippen MR) is 131 cm³/mol. The van der Waals surface area contributed by atoms with Gasteiger partial charge < -0.3 is 20.1 Å². The zero-order valence-corrected chi connectivity index (χ0v) is 20.2. The van der Waals surface area contributed by atoms with E-state index in [1.54, 1.807) is 4.90 Å². The highest BCUT2D eigenvalue weighted by molar-refractivity contribution is 5.81. The van der Waals surface area contributed by atoms with Gasteiger partial charge in [0, 0.05) is 30.0 Å². The van der Waals surface area contributed by atoms with Crippen molar-refractivity contribution in [2.24, 2.45) is 5.92 Å². The first-order valence-electron chi connectivity index (χ1n) is 12.4. The van der Waals surface area contributed by atoms with Crippen LogP contribution in [0, 0.1) is 5.92 Å². The molecule has 2 aromatic rings. The molecule has 1 aliphatic carbocycles. The number of nitrogens with one attached hydrogen (secondary N) is 1. The van der Waals surface area contributed by atoms with Gasteiger partial charge in [0.05, 0.1) is 5.92 Å². The minimum absolute atomic E-state index is 0.00865. The van der Waals surface area contributed by atoms with Crippen LogP contribution in [0.2, 0.25) is 0 Å². The fourth-order valence-electron chi connectivity index (χ4n) is 6.16. The number of carbonyl (C=O) groups excluding carboxylic acids is 2. The minimum Gasteiger partial charge on any atom is -0.481 e. The molecule has 2 fully saturated rings. The van der Waals surface area contributed by atoms with E-state index < -0.39 is 23.5 Å². The van der Waals surface area contributed by atoms with Crippen LogP contribution >= 0.6 is 0 Å². The second-order valence-electron chi connectivity index (χ2n) is 10.6. The lowest BCUT2D eigenvalue weighted by molar-refractivity contribution is -0.143. The summed E-state index contributed by atoms with van der Waals surface area (Å²) in [6.45, 7) is 3.99. The first-order chi connectivity index (χ1) is 16.7. The van der Waals surface area contributed by atoms with Crippen LogP contribution in [0.15, 0.2) is 48.5 Å². The van der Waals surface area contributed by atoms with Crippen LogP contribution in [0.1, 0.15) is 63.0 Å². The molecule has 184 valence electrons. The molecule has 2 heterocycles. The Morgan fingerprint density at radius 1 is 1.03 bits per heavy atom. The van der Waals surface area contributed by atoms with Gasteiger partial charge in [0.1, 0.15) is 6.61 Å². The molecule has 3 atom stereocenters. The summed E-state index contributed by atoms with van der Waals surface area (Å²) >= 11 is 0. The van der Waals surface area contributed by atoms with Gasteiger partial charge in [-0.2, -0.15) is 0 Å². The van der Waals surface area contributed by atoms with E-state index in [1.807, 2.05) is 38.1 Å². The molecule has 7 nitrogen and oxygen atoms in total. The second kappa shape index (κ2) is 9.02. The predicted octanol–water partition coefficient (Wildman–Crippen LogP) is 4.55. The molecule has 0 spiro atoms. The highest BCUT2D eigenvalue weighted by Gasteiger charge is 2.51. The Hall–Kier alpha value is -3.35. The molecule has 2 saturated heterocycles. The van der Waals surface area contributed by atoms with Gasteiger partial charge in [-0.25, -0.2) is 4.79 Å². The molecule has 2 aliphatic heterocycles. The highest BCUT2D eigenvalue weighted by atomic mass is 16.5. The lowest BCUT2D eigenvalue weighted by Gasteiger charge is -2.28.